The van der Waals surface area contributed by atoms with Gasteiger partial charge < -0.3 is 10.2 Å². The first-order valence-corrected chi connectivity index (χ1v) is 9.49. The molecule has 0 aliphatic carbocycles. The second-order valence-corrected chi connectivity index (χ2v) is 7.12. The Balaban J connectivity index is 1.69. The van der Waals surface area contributed by atoms with Gasteiger partial charge in [-0.1, -0.05) is 41.9 Å². The molecule has 2 aliphatic heterocycles. The Kier molecular flexibility index (Phi) is 4.14. The number of nitrogens with zero attached hydrogens (tertiary/aromatic N) is 5. The van der Waals surface area contributed by atoms with Crippen LogP contribution in [-0.4, -0.2) is 46.7 Å². The van der Waals surface area contributed by atoms with E-state index in [-0.39, 0.29) is 0 Å². The molecular formula is C20H19ClN6. The number of hydrogen-bond donors (Lipinski definition) is 1. The van der Waals surface area contributed by atoms with Gasteiger partial charge in [-0.3, -0.25) is 9.56 Å². The van der Waals surface area contributed by atoms with E-state index in [1.54, 1.807) is 0 Å². The molecule has 1 fully saturated rings. The smallest absolute Gasteiger partial charge is 0.232 e. The van der Waals surface area contributed by atoms with Gasteiger partial charge in [-0.2, -0.15) is 0 Å². The summed E-state index contributed by atoms with van der Waals surface area (Å²) in [5.41, 5.74) is 4.03. The summed E-state index contributed by atoms with van der Waals surface area (Å²) in [5.74, 6) is 1.72. The van der Waals surface area contributed by atoms with Gasteiger partial charge in [0, 0.05) is 42.3 Å². The highest BCUT2D eigenvalue weighted by Crippen LogP contribution is 2.30. The molecule has 5 rings (SSSR count). The molecule has 2 aliphatic rings. The van der Waals surface area contributed by atoms with Crippen molar-refractivity contribution in [3.05, 3.63) is 70.5 Å². The Morgan fingerprint density at radius 2 is 1.78 bits per heavy atom. The third kappa shape index (κ3) is 2.91. The minimum absolute atomic E-state index is 0.482. The molecule has 0 unspecified atom stereocenters. The Labute approximate surface area is 162 Å². The van der Waals surface area contributed by atoms with Crippen LogP contribution in [0.1, 0.15) is 17.0 Å². The summed E-state index contributed by atoms with van der Waals surface area (Å²) in [5, 5.41) is 13.0. The van der Waals surface area contributed by atoms with E-state index in [9.17, 15) is 0 Å². The van der Waals surface area contributed by atoms with Crippen LogP contribution in [0.5, 0.6) is 0 Å². The molecule has 0 amide bonds. The van der Waals surface area contributed by atoms with Crippen molar-refractivity contribution < 1.29 is 0 Å². The number of piperazine rings is 1. The lowest BCUT2D eigenvalue weighted by Crippen LogP contribution is -2.44. The van der Waals surface area contributed by atoms with E-state index in [4.69, 9.17) is 16.6 Å². The first kappa shape index (κ1) is 16.5. The average Bonchev–Trinajstić information content (AvgIpc) is 3.07. The molecule has 3 aromatic rings. The average molecular weight is 379 g/mol. The Bertz CT molecular complexity index is 1000. The molecular weight excluding hydrogens is 360 g/mol. The SMILES string of the molecule is Clc1ccc2c(c1)C(c1ccccc1)=NCc1nnc(N3CCNCC3)n1-2. The zero-order valence-corrected chi connectivity index (χ0v) is 15.5. The summed E-state index contributed by atoms with van der Waals surface area (Å²) >= 11 is 6.36. The van der Waals surface area contributed by atoms with Crippen molar-refractivity contribution in [3.8, 4) is 5.69 Å². The van der Waals surface area contributed by atoms with E-state index in [0.717, 1.165) is 60.5 Å². The van der Waals surface area contributed by atoms with Crippen LogP contribution in [0.2, 0.25) is 5.02 Å². The van der Waals surface area contributed by atoms with Crippen LogP contribution >= 0.6 is 11.6 Å². The van der Waals surface area contributed by atoms with E-state index in [2.05, 4.69) is 37.1 Å². The normalized spacial score (nSPS) is 16.3. The van der Waals surface area contributed by atoms with E-state index in [0.29, 0.717) is 11.6 Å². The number of benzene rings is 2. The van der Waals surface area contributed by atoms with Gasteiger partial charge in [-0.25, -0.2) is 0 Å². The minimum atomic E-state index is 0.482. The molecule has 1 saturated heterocycles. The highest BCUT2D eigenvalue weighted by atomic mass is 35.5. The van der Waals surface area contributed by atoms with Crippen molar-refractivity contribution in [2.24, 2.45) is 4.99 Å². The third-order valence-electron chi connectivity index (χ3n) is 4.99. The maximum atomic E-state index is 6.36. The number of halogens is 1. The second-order valence-electron chi connectivity index (χ2n) is 6.68. The maximum Gasteiger partial charge on any atom is 0.232 e. The number of rotatable bonds is 2. The Hall–Kier alpha value is -2.70. The number of aromatic nitrogens is 3. The van der Waals surface area contributed by atoms with Crippen molar-refractivity contribution in [3.63, 3.8) is 0 Å². The zero-order chi connectivity index (χ0) is 18.2. The van der Waals surface area contributed by atoms with Crippen molar-refractivity contribution in [2.45, 2.75) is 6.54 Å². The van der Waals surface area contributed by atoms with Crippen LogP contribution in [0.15, 0.2) is 53.5 Å². The fourth-order valence-corrected chi connectivity index (χ4v) is 3.87. The lowest BCUT2D eigenvalue weighted by atomic mass is 10.0. The van der Waals surface area contributed by atoms with Crippen LogP contribution < -0.4 is 10.2 Å². The molecule has 0 radical (unpaired) electrons. The number of aliphatic imine (C=N–C) groups is 1. The van der Waals surface area contributed by atoms with Crippen molar-refractivity contribution in [2.75, 3.05) is 31.1 Å². The van der Waals surface area contributed by atoms with Gasteiger partial charge in [-0.05, 0) is 18.2 Å². The molecule has 3 heterocycles. The van der Waals surface area contributed by atoms with E-state index in [1.165, 1.54) is 0 Å². The molecule has 0 atom stereocenters. The summed E-state index contributed by atoms with van der Waals surface area (Å²) in [7, 11) is 0. The Morgan fingerprint density at radius 3 is 2.59 bits per heavy atom. The van der Waals surface area contributed by atoms with Gasteiger partial charge in [0.05, 0.1) is 11.4 Å². The molecule has 1 N–H and O–H groups in total. The molecule has 0 saturated carbocycles. The van der Waals surface area contributed by atoms with Crippen LogP contribution in [-0.2, 0) is 6.54 Å². The number of nitrogens with one attached hydrogen (secondary N) is 1. The molecule has 0 spiro atoms. The summed E-state index contributed by atoms with van der Waals surface area (Å²) < 4.78 is 2.14. The largest absolute Gasteiger partial charge is 0.338 e. The van der Waals surface area contributed by atoms with Crippen LogP contribution in [0.25, 0.3) is 5.69 Å². The molecule has 1 aromatic heterocycles. The highest BCUT2D eigenvalue weighted by Gasteiger charge is 2.26. The first-order chi connectivity index (χ1) is 13.3. The quantitative estimate of drug-likeness (QED) is 0.744. The fraction of sp³-hybridized carbons (Fsp3) is 0.250. The van der Waals surface area contributed by atoms with Crippen molar-refractivity contribution >= 4 is 23.3 Å². The molecule has 27 heavy (non-hydrogen) atoms. The van der Waals surface area contributed by atoms with Crippen molar-refractivity contribution in [1.29, 1.82) is 0 Å². The fourth-order valence-electron chi connectivity index (χ4n) is 3.70. The topological polar surface area (TPSA) is 58.3 Å². The maximum absolute atomic E-state index is 6.36. The van der Waals surface area contributed by atoms with Crippen LogP contribution in [0.3, 0.4) is 0 Å². The lowest BCUT2D eigenvalue weighted by Gasteiger charge is -2.28. The number of fused-ring (bicyclic) bond motifs is 3. The van der Waals surface area contributed by atoms with E-state index < -0.39 is 0 Å². The molecule has 7 heteroatoms. The lowest BCUT2D eigenvalue weighted by molar-refractivity contribution is 0.576. The standard InChI is InChI=1S/C20H19ClN6/c21-15-6-7-17-16(12-15)19(14-4-2-1-3-5-14)23-13-18-24-25-20(27(17)18)26-10-8-22-9-11-26/h1-7,12,22H,8-11,13H2. The predicted octanol–water partition coefficient (Wildman–Crippen LogP) is 2.68. The number of anilines is 1. The second kappa shape index (κ2) is 6.79. The summed E-state index contributed by atoms with van der Waals surface area (Å²) in [4.78, 5) is 7.16. The van der Waals surface area contributed by atoms with Gasteiger partial charge in [-0.15, -0.1) is 10.2 Å². The molecule has 6 nitrogen and oxygen atoms in total. The van der Waals surface area contributed by atoms with Gasteiger partial charge in [0.25, 0.3) is 0 Å². The van der Waals surface area contributed by atoms with E-state index in [1.807, 2.05) is 36.4 Å². The predicted molar refractivity (Wildman–Crippen MR) is 107 cm³/mol. The third-order valence-corrected chi connectivity index (χ3v) is 5.23. The van der Waals surface area contributed by atoms with Gasteiger partial charge in [0.1, 0.15) is 6.54 Å². The molecule has 0 bridgehead atoms. The zero-order valence-electron chi connectivity index (χ0n) is 14.8. The summed E-state index contributed by atoms with van der Waals surface area (Å²) in [6.45, 7) is 4.19. The molecule has 136 valence electrons. The van der Waals surface area contributed by atoms with Crippen LogP contribution in [0, 0.1) is 0 Å². The highest BCUT2D eigenvalue weighted by molar-refractivity contribution is 6.31. The van der Waals surface area contributed by atoms with Crippen LogP contribution in [0.4, 0.5) is 5.95 Å². The van der Waals surface area contributed by atoms with Gasteiger partial charge >= 0.3 is 0 Å². The molecule has 2 aromatic carbocycles. The van der Waals surface area contributed by atoms with Gasteiger partial charge in [0.2, 0.25) is 5.95 Å². The van der Waals surface area contributed by atoms with E-state index >= 15 is 0 Å². The Morgan fingerprint density at radius 1 is 0.963 bits per heavy atom. The summed E-state index contributed by atoms with van der Waals surface area (Å²) in [6.07, 6.45) is 0. The minimum Gasteiger partial charge on any atom is -0.338 e. The monoisotopic (exact) mass is 378 g/mol. The van der Waals surface area contributed by atoms with Gasteiger partial charge in [0.15, 0.2) is 5.82 Å². The van der Waals surface area contributed by atoms with Crippen molar-refractivity contribution in [1.82, 2.24) is 20.1 Å². The first-order valence-electron chi connectivity index (χ1n) is 9.11. The summed E-state index contributed by atoms with van der Waals surface area (Å²) in [6, 6.07) is 16.2. The number of hydrogen-bond acceptors (Lipinski definition) is 5.